The Balaban J connectivity index is 1.39. The first-order chi connectivity index (χ1) is 12.2. The molecular formula is C20H19N3O2. The third kappa shape index (κ3) is 3.13. The second-order valence-corrected chi connectivity index (χ2v) is 6.15. The Kier molecular flexibility index (Phi) is 3.98. The fourth-order valence-corrected chi connectivity index (χ4v) is 3.01. The number of aryl methyl sites for hydroxylation is 1. The van der Waals surface area contributed by atoms with Crippen LogP contribution in [-0.2, 0) is 11.3 Å². The highest BCUT2D eigenvalue weighted by atomic mass is 16.3. The molecule has 1 amide bonds. The number of rotatable bonds is 5. The molecule has 5 heteroatoms. The van der Waals surface area contributed by atoms with Gasteiger partial charge in [-0.2, -0.15) is 0 Å². The molecule has 4 aromatic rings. The maximum Gasteiger partial charge on any atom is 0.222 e. The molecule has 2 aromatic heterocycles. The lowest BCUT2D eigenvalue weighted by atomic mass is 10.2. The van der Waals surface area contributed by atoms with E-state index in [9.17, 15) is 4.79 Å². The molecule has 0 saturated heterocycles. The number of para-hydroxylation sites is 3. The lowest BCUT2D eigenvalue weighted by Crippen LogP contribution is -2.27. The van der Waals surface area contributed by atoms with E-state index in [0.717, 1.165) is 27.8 Å². The number of carbonyl (C=O) groups is 1. The first-order valence-corrected chi connectivity index (χ1v) is 8.38. The van der Waals surface area contributed by atoms with Gasteiger partial charge in [-0.1, -0.05) is 30.3 Å². The van der Waals surface area contributed by atoms with Crippen LogP contribution in [0.1, 0.15) is 25.1 Å². The normalized spacial score (nSPS) is 12.5. The Hall–Kier alpha value is -3.08. The molecule has 4 rings (SSSR count). The molecule has 126 valence electrons. The maximum atomic E-state index is 12.3. The van der Waals surface area contributed by atoms with Crippen LogP contribution < -0.4 is 5.32 Å². The van der Waals surface area contributed by atoms with Crippen molar-refractivity contribution in [2.75, 3.05) is 0 Å². The third-order valence-electron chi connectivity index (χ3n) is 4.36. The summed E-state index contributed by atoms with van der Waals surface area (Å²) in [6, 6.07) is 17.6. The van der Waals surface area contributed by atoms with Gasteiger partial charge in [0, 0.05) is 18.4 Å². The molecule has 0 aliphatic heterocycles. The average Bonchev–Trinajstić information content (AvgIpc) is 3.24. The van der Waals surface area contributed by atoms with Crippen molar-refractivity contribution in [1.29, 1.82) is 0 Å². The van der Waals surface area contributed by atoms with E-state index in [0.29, 0.717) is 13.0 Å². The molecule has 0 saturated carbocycles. The number of aromatic nitrogens is 2. The summed E-state index contributed by atoms with van der Waals surface area (Å²) in [5.74, 6) is 0.758. The predicted molar refractivity (Wildman–Crippen MR) is 97.1 cm³/mol. The molecule has 1 atom stereocenters. The van der Waals surface area contributed by atoms with E-state index in [4.69, 9.17) is 4.42 Å². The van der Waals surface area contributed by atoms with Crippen LogP contribution in [0.25, 0.3) is 22.0 Å². The number of nitrogens with one attached hydrogen (secondary N) is 1. The van der Waals surface area contributed by atoms with Gasteiger partial charge in [-0.25, -0.2) is 4.98 Å². The summed E-state index contributed by atoms with van der Waals surface area (Å²) < 4.78 is 7.81. The highest BCUT2D eigenvalue weighted by molar-refractivity contribution is 5.79. The zero-order chi connectivity index (χ0) is 17.2. The fraction of sp³-hybridized carbons (Fsp3) is 0.200. The largest absolute Gasteiger partial charge is 0.459 e. The number of carbonyl (C=O) groups excluding carboxylic acids is 1. The van der Waals surface area contributed by atoms with Gasteiger partial charge in [0.2, 0.25) is 5.91 Å². The minimum Gasteiger partial charge on any atom is -0.459 e. The summed E-state index contributed by atoms with van der Waals surface area (Å²) >= 11 is 0. The fourth-order valence-electron chi connectivity index (χ4n) is 3.01. The summed E-state index contributed by atoms with van der Waals surface area (Å²) in [7, 11) is 0. The first-order valence-electron chi connectivity index (χ1n) is 8.38. The molecule has 0 radical (unpaired) electrons. The van der Waals surface area contributed by atoms with Gasteiger partial charge in [0.05, 0.1) is 23.4 Å². The van der Waals surface area contributed by atoms with Crippen LogP contribution in [0.2, 0.25) is 0 Å². The van der Waals surface area contributed by atoms with E-state index in [1.165, 1.54) is 0 Å². The molecule has 0 fully saturated rings. The summed E-state index contributed by atoms with van der Waals surface area (Å²) in [5, 5.41) is 4.05. The van der Waals surface area contributed by atoms with Gasteiger partial charge >= 0.3 is 0 Å². The number of hydrogen-bond donors (Lipinski definition) is 1. The van der Waals surface area contributed by atoms with Crippen molar-refractivity contribution in [1.82, 2.24) is 14.9 Å². The number of amides is 1. The molecule has 5 nitrogen and oxygen atoms in total. The van der Waals surface area contributed by atoms with E-state index in [1.807, 2.05) is 66.1 Å². The van der Waals surface area contributed by atoms with Gasteiger partial charge in [-0.05, 0) is 31.2 Å². The summed E-state index contributed by atoms with van der Waals surface area (Å²) in [5.41, 5.74) is 2.82. The molecule has 2 aromatic carbocycles. The molecule has 25 heavy (non-hydrogen) atoms. The SMILES string of the molecule is CC(NC(=O)CCn1cnc2ccccc21)c1cc2ccccc2o1. The van der Waals surface area contributed by atoms with Crippen molar-refractivity contribution in [3.63, 3.8) is 0 Å². The molecule has 1 N–H and O–H groups in total. The molecule has 1 unspecified atom stereocenters. The molecular weight excluding hydrogens is 314 g/mol. The summed E-state index contributed by atoms with van der Waals surface area (Å²) in [4.78, 5) is 16.6. The number of benzene rings is 2. The van der Waals surface area contributed by atoms with Crippen molar-refractivity contribution in [3.05, 3.63) is 66.7 Å². The van der Waals surface area contributed by atoms with Crippen LogP contribution in [0, 0.1) is 0 Å². The van der Waals surface area contributed by atoms with E-state index >= 15 is 0 Å². The molecule has 0 bridgehead atoms. The summed E-state index contributed by atoms with van der Waals surface area (Å²) in [6.07, 6.45) is 2.17. The lowest BCUT2D eigenvalue weighted by molar-refractivity contribution is -0.122. The van der Waals surface area contributed by atoms with Gasteiger partial charge < -0.3 is 14.3 Å². The quantitative estimate of drug-likeness (QED) is 0.599. The van der Waals surface area contributed by atoms with E-state index in [2.05, 4.69) is 10.3 Å². The van der Waals surface area contributed by atoms with Crippen molar-refractivity contribution in [2.24, 2.45) is 0 Å². The van der Waals surface area contributed by atoms with Gasteiger partial charge in [-0.15, -0.1) is 0 Å². The standard InChI is InChI=1S/C20H19N3O2/c1-14(19-12-15-6-2-5-9-18(15)25-19)22-20(24)10-11-23-13-21-16-7-3-4-8-17(16)23/h2-9,12-14H,10-11H2,1H3,(H,22,24). The zero-order valence-corrected chi connectivity index (χ0v) is 14.0. The Morgan fingerprint density at radius 2 is 2.00 bits per heavy atom. The van der Waals surface area contributed by atoms with Gasteiger partial charge in [0.1, 0.15) is 11.3 Å². The number of hydrogen-bond acceptors (Lipinski definition) is 3. The minimum absolute atomic E-state index is 0.00858. The molecule has 0 aliphatic carbocycles. The average molecular weight is 333 g/mol. The van der Waals surface area contributed by atoms with Crippen LogP contribution in [0.15, 0.2) is 65.3 Å². The minimum atomic E-state index is -0.167. The number of fused-ring (bicyclic) bond motifs is 2. The van der Waals surface area contributed by atoms with Crippen LogP contribution in [0.5, 0.6) is 0 Å². The molecule has 2 heterocycles. The second kappa shape index (κ2) is 6.43. The maximum absolute atomic E-state index is 12.3. The zero-order valence-electron chi connectivity index (χ0n) is 14.0. The highest BCUT2D eigenvalue weighted by Gasteiger charge is 2.14. The van der Waals surface area contributed by atoms with Crippen molar-refractivity contribution < 1.29 is 9.21 Å². The monoisotopic (exact) mass is 333 g/mol. The van der Waals surface area contributed by atoms with E-state index in [-0.39, 0.29) is 11.9 Å². The topological polar surface area (TPSA) is 60.1 Å². The van der Waals surface area contributed by atoms with Gasteiger partial charge in [0.25, 0.3) is 0 Å². The highest BCUT2D eigenvalue weighted by Crippen LogP contribution is 2.23. The number of nitrogens with zero attached hydrogens (tertiary/aromatic N) is 2. The van der Waals surface area contributed by atoms with Gasteiger partial charge in [0.15, 0.2) is 0 Å². The van der Waals surface area contributed by atoms with Crippen LogP contribution in [0.4, 0.5) is 0 Å². The molecule has 0 spiro atoms. The van der Waals surface area contributed by atoms with Crippen LogP contribution in [-0.4, -0.2) is 15.5 Å². The van der Waals surface area contributed by atoms with Crippen LogP contribution in [0.3, 0.4) is 0 Å². The lowest BCUT2D eigenvalue weighted by Gasteiger charge is -2.11. The van der Waals surface area contributed by atoms with Gasteiger partial charge in [-0.3, -0.25) is 4.79 Å². The Morgan fingerprint density at radius 3 is 2.88 bits per heavy atom. The number of imidazole rings is 1. The second-order valence-electron chi connectivity index (χ2n) is 6.15. The van der Waals surface area contributed by atoms with Crippen LogP contribution >= 0.6 is 0 Å². The molecule has 0 aliphatic rings. The Morgan fingerprint density at radius 1 is 1.20 bits per heavy atom. The van der Waals surface area contributed by atoms with Crippen molar-refractivity contribution in [2.45, 2.75) is 25.9 Å². The first kappa shape index (κ1) is 15.4. The Bertz CT molecular complexity index is 998. The predicted octanol–water partition coefficient (Wildman–Crippen LogP) is 4.05. The number of furan rings is 1. The van der Waals surface area contributed by atoms with E-state index < -0.39 is 0 Å². The summed E-state index contributed by atoms with van der Waals surface area (Å²) in [6.45, 7) is 2.53. The van der Waals surface area contributed by atoms with Crippen molar-refractivity contribution in [3.8, 4) is 0 Å². The third-order valence-corrected chi connectivity index (χ3v) is 4.36. The smallest absolute Gasteiger partial charge is 0.222 e. The van der Waals surface area contributed by atoms with E-state index in [1.54, 1.807) is 6.33 Å². The Labute approximate surface area is 145 Å². The van der Waals surface area contributed by atoms with Crippen molar-refractivity contribution >= 4 is 27.9 Å².